The van der Waals surface area contributed by atoms with Crippen LogP contribution in [0.3, 0.4) is 0 Å². The number of amides is 1. The van der Waals surface area contributed by atoms with E-state index in [4.69, 9.17) is 14.2 Å². The van der Waals surface area contributed by atoms with Crippen molar-refractivity contribution >= 4 is 5.91 Å². The second-order valence-electron chi connectivity index (χ2n) is 63.3. The van der Waals surface area contributed by atoms with E-state index in [-0.39, 0.29) is 5.54 Å². The summed E-state index contributed by atoms with van der Waals surface area (Å²) in [4.78, 5) is 31.9. The predicted molar refractivity (Wildman–Crippen MR) is 625 cm³/mol. The van der Waals surface area contributed by atoms with Crippen molar-refractivity contribution < 1.29 is 19.0 Å². The van der Waals surface area contributed by atoms with E-state index in [1.54, 1.807) is 11.1 Å². The summed E-state index contributed by atoms with van der Waals surface area (Å²) in [5.74, 6) is 20.2. The molecule has 21 fully saturated rings. The van der Waals surface area contributed by atoms with Crippen LogP contribution in [0.25, 0.3) is 0 Å². The highest BCUT2D eigenvalue weighted by Crippen LogP contribution is 2.53. The monoisotopic (exact) mass is 2040 g/mol. The number of carbonyl (C=O) groups excluding carboxylic acids is 1. The first-order valence-electron chi connectivity index (χ1n) is 62.7. The lowest BCUT2D eigenvalue weighted by molar-refractivity contribution is -0.209. The minimum absolute atomic E-state index is 0.129. The number of piperazine rings is 2. The zero-order chi connectivity index (χ0) is 107. The number of fused-ring (bicyclic) bond motifs is 11. The number of morpholine rings is 1. The van der Waals surface area contributed by atoms with Gasteiger partial charge in [0.2, 0.25) is 5.91 Å². The molecule has 0 aromatic carbocycles. The zero-order valence-corrected chi connectivity index (χ0v) is 103. The zero-order valence-electron chi connectivity index (χ0n) is 103. The first-order chi connectivity index (χ1) is 68.1. The molecule has 4 N–H and O–H groups in total. The molecule has 0 aromatic rings. The Hall–Kier alpha value is -1.77. The van der Waals surface area contributed by atoms with Gasteiger partial charge in [-0.3, -0.25) is 39.1 Å². The molecule has 0 aromatic heterocycles. The third kappa shape index (κ3) is 38.3. The topological polar surface area (TPSA) is 119 Å². The second-order valence-corrected chi connectivity index (χ2v) is 63.3. The number of allylic oxidation sites excluding steroid dienone is 1. The highest BCUT2D eigenvalue weighted by molar-refractivity contribution is 5.80. The Balaban J connectivity index is 0.000000151. The van der Waals surface area contributed by atoms with Crippen molar-refractivity contribution in [3.05, 3.63) is 23.0 Å². The van der Waals surface area contributed by atoms with Gasteiger partial charge >= 0.3 is 0 Å². The fourth-order valence-electron chi connectivity index (χ4n) is 28.9. The molecule has 146 heavy (non-hydrogen) atoms. The molecule has 9 aliphatic carbocycles. The highest BCUT2D eigenvalue weighted by Gasteiger charge is 2.53. The molecule has 15 heterocycles. The summed E-state index contributed by atoms with van der Waals surface area (Å²) >= 11 is 0. The molecule has 1 amide bonds. The van der Waals surface area contributed by atoms with Crippen LogP contribution in [-0.2, 0) is 19.0 Å². The molecule has 0 bridgehead atoms. The predicted octanol–water partition coefficient (Wildman–Crippen LogP) is 27.2. The Morgan fingerprint density at radius 1 is 0.336 bits per heavy atom. The van der Waals surface area contributed by atoms with E-state index in [1.807, 2.05) is 0 Å². The molecule has 15 aliphatic heterocycles. The van der Waals surface area contributed by atoms with Crippen molar-refractivity contribution in [1.82, 2.24) is 60.5 Å². The highest BCUT2D eigenvalue weighted by atomic mass is 16.5. The fraction of sp³-hybridized carbons (Fsp3) is 0.962. The van der Waals surface area contributed by atoms with Gasteiger partial charge in [-0.2, -0.15) is 0 Å². The summed E-state index contributed by atoms with van der Waals surface area (Å²) in [5, 5.41) is 14.2. The van der Waals surface area contributed by atoms with Gasteiger partial charge < -0.3 is 40.4 Å². The van der Waals surface area contributed by atoms with Gasteiger partial charge in [-0.05, 0) is 450 Å². The molecule has 14 saturated heterocycles. The van der Waals surface area contributed by atoms with Crippen LogP contribution in [0.15, 0.2) is 23.0 Å². The van der Waals surface area contributed by atoms with Crippen LogP contribution < -0.4 is 21.3 Å². The summed E-state index contributed by atoms with van der Waals surface area (Å²) in [6.45, 7) is 113. The van der Waals surface area contributed by atoms with Crippen LogP contribution in [0.5, 0.6) is 0 Å². The van der Waals surface area contributed by atoms with E-state index in [9.17, 15) is 4.79 Å². The molecule has 850 valence electrons. The largest absolute Gasteiger partial charge is 0.497 e. The maximum absolute atomic E-state index is 11.8. The van der Waals surface area contributed by atoms with Crippen LogP contribution in [0, 0.1) is 140 Å². The van der Waals surface area contributed by atoms with E-state index in [2.05, 4.69) is 316 Å². The standard InChI is InChI=1S/C12H23N.C11H20N2O.C11H21NO.C11H21N.C11H19N.C11H21N.C10H19N.C10H16O.C10H18O.2C9H17N.C7H14N2.2C4H10/c1-12(2,3)11-6-9-4-5-13-8-10(9)7-11;1-11(2,3)12-7-9-5-4-6-13(9)10(14)8-12;1-11(2,3)9-6-10-8-13-5-4-12(10)7-9;1-11(2,3)12-7-6-9-4-5-10(9)8-12;1-11(2,3)12-7-9-5-4-6-10(9)8-12;1-11(2,3)10-9-6-4-5-8(9)7-12-10;1-10(2,3)11-5-4-8-6-9(8)7-11;1-10(2,3)8-4-7-6-11-9(7)5-8;1-10(2,3)9-7-5-4-6-8(7)11-9;1-9(2,3)10-5-7-4-8(7)6-10;1-3-8-5-2-6-10-7-9(8)4-1;1-2-7-6-8-3-5-9(7)4-1;2*1-4(2)3/h9-11,13H,4-8H2,1-3H3;9H,4-8H2,1-3H3;9-10H,4-8H2,1-3H3;9-10H,4-8H2,1-3H3;4-8H2,1-3H3;8-10,12H,4-7H2,1-3H3;8-9H,4-7H2,1-3H3;5,7-8H,4,6H2,1-3H3;7-9H,4-6H2,1-3H3;7-8H,4-6H2,1-3H3;8-10H,1-7H2;7-8H,1-6H2;2*4H,1-3H3. The summed E-state index contributed by atoms with van der Waals surface area (Å²) in [6.07, 6.45) is 44.9. The van der Waals surface area contributed by atoms with E-state index >= 15 is 0 Å². The number of piperidine rings is 4. The Bertz CT molecular complexity index is 3700. The summed E-state index contributed by atoms with van der Waals surface area (Å²) in [5.41, 5.74) is 7.50. The molecule has 16 heteroatoms. The molecule has 24 aliphatic rings. The molecule has 23 atom stereocenters. The number of nitrogens with one attached hydrogen (secondary N) is 4. The van der Waals surface area contributed by atoms with Crippen LogP contribution in [0.1, 0.15) is 435 Å². The van der Waals surface area contributed by atoms with Gasteiger partial charge in [0.15, 0.2) is 0 Å². The van der Waals surface area contributed by atoms with E-state index in [0.717, 1.165) is 170 Å². The fourth-order valence-corrected chi connectivity index (χ4v) is 28.9. The number of hydrogen-bond donors (Lipinski definition) is 4. The molecule has 23 unspecified atom stereocenters. The van der Waals surface area contributed by atoms with Gasteiger partial charge in [0.25, 0.3) is 0 Å². The van der Waals surface area contributed by atoms with E-state index in [1.165, 1.54) is 310 Å². The molecule has 7 saturated carbocycles. The van der Waals surface area contributed by atoms with Crippen molar-refractivity contribution in [2.75, 3.05) is 164 Å². The number of carbonyl (C=O) groups is 1. The molecular weight excluding hydrogens is 1790 g/mol. The number of hydrogen-bond acceptors (Lipinski definition) is 15. The molecule has 0 radical (unpaired) electrons. The van der Waals surface area contributed by atoms with Crippen LogP contribution in [0.2, 0.25) is 0 Å². The van der Waals surface area contributed by atoms with Crippen molar-refractivity contribution in [2.24, 2.45) is 140 Å². The van der Waals surface area contributed by atoms with Gasteiger partial charge in [-0.15, -0.1) is 0 Å². The second kappa shape index (κ2) is 54.2. The number of ether oxygens (including phenoxy) is 3. The normalized spacial score (nSPS) is 35.3. The molecule has 0 spiro atoms. The molecular formula is C130H246N12O4. The minimum Gasteiger partial charge on any atom is -0.497 e. The third-order valence-corrected chi connectivity index (χ3v) is 39.5. The van der Waals surface area contributed by atoms with Gasteiger partial charge in [0.1, 0.15) is 0 Å². The Morgan fingerprint density at radius 3 is 1.38 bits per heavy atom. The van der Waals surface area contributed by atoms with Gasteiger partial charge in [-0.1, -0.05) is 182 Å². The average molecular weight is 2040 g/mol. The van der Waals surface area contributed by atoms with Crippen LogP contribution in [0.4, 0.5) is 0 Å². The van der Waals surface area contributed by atoms with Gasteiger partial charge in [-0.25, -0.2) is 0 Å². The number of likely N-dealkylation sites (tertiary alicyclic amines) is 4. The maximum Gasteiger partial charge on any atom is 0.237 e. The average Bonchev–Trinajstić information content (AvgIpc) is 1.63. The van der Waals surface area contributed by atoms with Crippen LogP contribution in [-0.4, -0.2) is 273 Å². The van der Waals surface area contributed by atoms with Gasteiger partial charge in [0, 0.05) is 143 Å². The summed E-state index contributed by atoms with van der Waals surface area (Å²) in [7, 11) is 0. The first-order valence-corrected chi connectivity index (χ1v) is 62.7. The molecule has 24 rings (SSSR count). The SMILES string of the molecule is C1CC2CNCCN2C1.C1CNCC2CCCC2C1.CC(C)(C)C1C=C2OCC2C1.CC(C)(C)C1CC2CCNCC2C1.CC(C)(C)C1CC2COCCN2C1.CC(C)(C)C1NCC2CCCC21.CC(C)(C)C1OC2CCCC21.CC(C)(C)N1CC(=O)N2CCCC2C1.CC(C)(C)N1CC2=C(CCC2)C1.CC(C)(C)N1CC2CC2C1.CC(C)(C)N1CCC2CC2C1.CC(C)(C)N1CCC2CCC2C1.CC(C)C.CC(C)C. The van der Waals surface area contributed by atoms with Gasteiger partial charge in [0.05, 0.1) is 50.3 Å². The lowest BCUT2D eigenvalue weighted by atomic mass is 9.69. The summed E-state index contributed by atoms with van der Waals surface area (Å²) in [6, 6.07) is 2.89. The van der Waals surface area contributed by atoms with Crippen molar-refractivity contribution in [2.45, 2.75) is 500 Å². The Labute approximate surface area is 905 Å². The molecule has 16 nitrogen and oxygen atoms in total. The smallest absolute Gasteiger partial charge is 0.237 e. The van der Waals surface area contributed by atoms with E-state index in [0.29, 0.717) is 79.9 Å². The van der Waals surface area contributed by atoms with Crippen LogP contribution >= 0.6 is 0 Å². The first kappa shape index (κ1) is 124. The number of rotatable bonds is 0. The lowest BCUT2D eigenvalue weighted by Crippen LogP contribution is -2.58. The minimum atomic E-state index is 0.129. The quantitative estimate of drug-likeness (QED) is 0.172. The maximum atomic E-state index is 11.8. The summed E-state index contributed by atoms with van der Waals surface area (Å²) < 4.78 is 16.7. The van der Waals surface area contributed by atoms with Crippen molar-refractivity contribution in [3.63, 3.8) is 0 Å². The Morgan fingerprint density at radius 2 is 0.849 bits per heavy atom. The Kier molecular flexibility index (Phi) is 46.2. The van der Waals surface area contributed by atoms with E-state index < -0.39 is 0 Å². The third-order valence-electron chi connectivity index (χ3n) is 39.5. The lowest BCUT2D eigenvalue weighted by Gasteiger charge is -2.49. The van der Waals surface area contributed by atoms with Crippen molar-refractivity contribution in [1.29, 1.82) is 0 Å². The number of nitrogens with zero attached hydrogens (tertiary/aromatic N) is 8. The van der Waals surface area contributed by atoms with Crippen molar-refractivity contribution in [3.8, 4) is 0 Å².